The molecule has 0 fully saturated rings. The molecular weight excluding hydrogens is 281 g/mol. The van der Waals surface area contributed by atoms with Crippen LogP contribution in [0.4, 0.5) is 19.0 Å². The number of methoxy groups -OCH3 is 1. The number of benzene rings is 1. The third kappa shape index (κ3) is 4.51. The molecule has 0 atom stereocenters. The van der Waals surface area contributed by atoms with Crippen molar-refractivity contribution in [2.75, 3.05) is 19.0 Å². The van der Waals surface area contributed by atoms with Crippen molar-refractivity contribution < 1.29 is 17.9 Å². The molecule has 2 rings (SSSR count). The molecule has 3 nitrogen and oxygen atoms in total. The Hall–Kier alpha value is -1.98. The summed E-state index contributed by atoms with van der Waals surface area (Å²) in [6, 6.07) is 7.52. The predicted molar refractivity (Wildman–Crippen MR) is 76.7 cm³/mol. The highest BCUT2D eigenvalue weighted by molar-refractivity contribution is 5.92. The summed E-state index contributed by atoms with van der Waals surface area (Å²) in [7, 11) is 1.59. The fourth-order valence-electron chi connectivity index (χ4n) is 2.07. The molecule has 0 radical (unpaired) electrons. The molecular formula is C15H17F3N2O. The van der Waals surface area contributed by atoms with E-state index in [1.165, 1.54) is 0 Å². The summed E-state index contributed by atoms with van der Waals surface area (Å²) >= 11 is 0. The summed E-state index contributed by atoms with van der Waals surface area (Å²) in [6.07, 6.45) is -2.59. The van der Waals surface area contributed by atoms with Gasteiger partial charge in [0.15, 0.2) is 0 Å². The normalized spacial score (nSPS) is 11.6. The smallest absolute Gasteiger partial charge is 0.389 e. The van der Waals surface area contributed by atoms with Crippen LogP contribution in [0.1, 0.15) is 19.3 Å². The van der Waals surface area contributed by atoms with Gasteiger partial charge in [0.2, 0.25) is 0 Å². The van der Waals surface area contributed by atoms with E-state index < -0.39 is 12.6 Å². The molecule has 0 amide bonds. The maximum absolute atomic E-state index is 12.1. The summed E-state index contributed by atoms with van der Waals surface area (Å²) in [4.78, 5) is 4.24. The van der Waals surface area contributed by atoms with Crippen molar-refractivity contribution in [2.24, 2.45) is 0 Å². The third-order valence-electron chi connectivity index (χ3n) is 3.15. The molecule has 1 N–H and O–H groups in total. The van der Waals surface area contributed by atoms with E-state index >= 15 is 0 Å². The summed E-state index contributed by atoms with van der Waals surface area (Å²) < 4.78 is 41.3. The number of halogens is 3. The van der Waals surface area contributed by atoms with Crippen molar-refractivity contribution >= 4 is 16.6 Å². The number of ether oxygens (including phenoxy) is 1. The van der Waals surface area contributed by atoms with Crippen LogP contribution in [0.25, 0.3) is 10.8 Å². The van der Waals surface area contributed by atoms with Gasteiger partial charge in [-0.2, -0.15) is 13.2 Å². The first-order valence-corrected chi connectivity index (χ1v) is 6.73. The van der Waals surface area contributed by atoms with E-state index in [9.17, 15) is 13.2 Å². The van der Waals surface area contributed by atoms with Crippen molar-refractivity contribution in [3.63, 3.8) is 0 Å². The van der Waals surface area contributed by atoms with Crippen LogP contribution in [-0.2, 0) is 0 Å². The molecule has 2 aromatic rings. The van der Waals surface area contributed by atoms with Gasteiger partial charge in [0.05, 0.1) is 7.11 Å². The van der Waals surface area contributed by atoms with E-state index in [0.717, 1.165) is 16.5 Å². The van der Waals surface area contributed by atoms with E-state index in [0.29, 0.717) is 18.8 Å². The average molecular weight is 298 g/mol. The lowest BCUT2D eigenvalue weighted by Crippen LogP contribution is -2.09. The van der Waals surface area contributed by atoms with E-state index in [1.54, 1.807) is 13.3 Å². The van der Waals surface area contributed by atoms with Crippen LogP contribution in [0.3, 0.4) is 0 Å². The SMILES string of the molecule is COc1ccc2ccnc(NCCCCC(F)(F)F)c2c1. The number of fused-ring (bicyclic) bond motifs is 1. The van der Waals surface area contributed by atoms with Gasteiger partial charge in [0, 0.05) is 24.5 Å². The van der Waals surface area contributed by atoms with E-state index in [1.807, 2.05) is 24.3 Å². The molecule has 21 heavy (non-hydrogen) atoms. The Morgan fingerprint density at radius 3 is 2.71 bits per heavy atom. The first-order valence-electron chi connectivity index (χ1n) is 6.73. The quantitative estimate of drug-likeness (QED) is 0.803. The molecule has 6 heteroatoms. The number of nitrogens with zero attached hydrogens (tertiary/aromatic N) is 1. The molecule has 0 aliphatic carbocycles. The summed E-state index contributed by atoms with van der Waals surface area (Å²) in [5, 5.41) is 4.99. The molecule has 0 bridgehead atoms. The summed E-state index contributed by atoms with van der Waals surface area (Å²) in [5.74, 6) is 1.38. The lowest BCUT2D eigenvalue weighted by molar-refractivity contribution is -0.135. The number of unbranched alkanes of at least 4 members (excludes halogenated alkanes) is 1. The van der Waals surface area contributed by atoms with Crippen LogP contribution in [-0.4, -0.2) is 24.8 Å². The number of aromatic nitrogens is 1. The highest BCUT2D eigenvalue weighted by atomic mass is 19.4. The van der Waals surface area contributed by atoms with Gasteiger partial charge in [-0.25, -0.2) is 4.98 Å². The molecule has 0 unspecified atom stereocenters. The van der Waals surface area contributed by atoms with Gasteiger partial charge in [-0.05, 0) is 36.4 Å². The van der Waals surface area contributed by atoms with Gasteiger partial charge in [0.25, 0.3) is 0 Å². The Labute approximate surface area is 121 Å². The van der Waals surface area contributed by atoms with Crippen molar-refractivity contribution in [2.45, 2.75) is 25.4 Å². The Kier molecular flexibility index (Phi) is 4.88. The summed E-state index contributed by atoms with van der Waals surface area (Å²) in [5.41, 5.74) is 0. The van der Waals surface area contributed by atoms with Crippen molar-refractivity contribution in [1.82, 2.24) is 4.98 Å². The van der Waals surface area contributed by atoms with E-state index in [-0.39, 0.29) is 6.42 Å². The predicted octanol–water partition coefficient (Wildman–Crippen LogP) is 4.39. The van der Waals surface area contributed by atoms with E-state index in [4.69, 9.17) is 4.74 Å². The first kappa shape index (κ1) is 15.4. The second-order valence-electron chi connectivity index (χ2n) is 4.75. The van der Waals surface area contributed by atoms with Crippen LogP contribution in [0.5, 0.6) is 5.75 Å². The second kappa shape index (κ2) is 6.65. The zero-order valence-electron chi connectivity index (χ0n) is 11.7. The topological polar surface area (TPSA) is 34.1 Å². The number of alkyl halides is 3. The van der Waals surface area contributed by atoms with Gasteiger partial charge in [-0.3, -0.25) is 0 Å². The number of hydrogen-bond donors (Lipinski definition) is 1. The van der Waals surface area contributed by atoms with Crippen LogP contribution >= 0.6 is 0 Å². The monoisotopic (exact) mass is 298 g/mol. The Balaban J connectivity index is 1.98. The Morgan fingerprint density at radius 2 is 2.00 bits per heavy atom. The fraction of sp³-hybridized carbons (Fsp3) is 0.400. The maximum atomic E-state index is 12.1. The first-order chi connectivity index (χ1) is 9.99. The van der Waals surface area contributed by atoms with E-state index in [2.05, 4.69) is 10.3 Å². The number of anilines is 1. The van der Waals surface area contributed by atoms with Crippen LogP contribution in [0.2, 0.25) is 0 Å². The lowest BCUT2D eigenvalue weighted by Gasteiger charge is -2.10. The van der Waals surface area contributed by atoms with Crippen molar-refractivity contribution in [1.29, 1.82) is 0 Å². The molecule has 1 heterocycles. The van der Waals surface area contributed by atoms with Crippen molar-refractivity contribution in [3.05, 3.63) is 30.5 Å². The largest absolute Gasteiger partial charge is 0.497 e. The number of hydrogen-bond acceptors (Lipinski definition) is 3. The minimum atomic E-state index is -4.08. The molecule has 1 aromatic heterocycles. The van der Waals surface area contributed by atoms with Crippen LogP contribution in [0.15, 0.2) is 30.5 Å². The zero-order valence-corrected chi connectivity index (χ0v) is 11.7. The van der Waals surface area contributed by atoms with Gasteiger partial charge in [0.1, 0.15) is 11.6 Å². The van der Waals surface area contributed by atoms with Crippen LogP contribution in [0, 0.1) is 0 Å². The highest BCUT2D eigenvalue weighted by Crippen LogP contribution is 2.26. The molecule has 0 aliphatic rings. The molecule has 1 aromatic carbocycles. The number of rotatable bonds is 6. The van der Waals surface area contributed by atoms with Crippen molar-refractivity contribution in [3.8, 4) is 5.75 Å². The van der Waals surface area contributed by atoms with Gasteiger partial charge in [-0.15, -0.1) is 0 Å². The minimum absolute atomic E-state index is 0.116. The summed E-state index contributed by atoms with van der Waals surface area (Å²) in [6.45, 7) is 0.458. The Bertz CT molecular complexity index is 599. The van der Waals surface area contributed by atoms with Gasteiger partial charge >= 0.3 is 6.18 Å². The minimum Gasteiger partial charge on any atom is -0.497 e. The Morgan fingerprint density at radius 1 is 1.19 bits per heavy atom. The molecule has 114 valence electrons. The molecule has 0 saturated heterocycles. The standard InChI is InChI=1S/C15H17F3N2O/c1-21-12-5-4-11-6-9-20-14(13(11)10-12)19-8-3-2-7-15(16,17)18/h4-6,9-10H,2-3,7-8H2,1H3,(H,19,20). The second-order valence-corrected chi connectivity index (χ2v) is 4.75. The third-order valence-corrected chi connectivity index (χ3v) is 3.15. The average Bonchev–Trinajstić information content (AvgIpc) is 2.45. The molecule has 0 spiro atoms. The fourth-order valence-corrected chi connectivity index (χ4v) is 2.07. The van der Waals surface area contributed by atoms with Gasteiger partial charge < -0.3 is 10.1 Å². The number of pyridine rings is 1. The molecule has 0 saturated carbocycles. The molecule has 0 aliphatic heterocycles. The maximum Gasteiger partial charge on any atom is 0.389 e. The zero-order chi connectivity index (χ0) is 15.3. The van der Waals surface area contributed by atoms with Gasteiger partial charge in [-0.1, -0.05) is 6.07 Å². The lowest BCUT2D eigenvalue weighted by atomic mass is 10.1. The number of nitrogens with one attached hydrogen (secondary N) is 1. The highest BCUT2D eigenvalue weighted by Gasteiger charge is 2.25. The van der Waals surface area contributed by atoms with Crippen LogP contribution < -0.4 is 10.1 Å².